The molecule has 2 aromatic carbocycles. The van der Waals surface area contributed by atoms with Crippen molar-refractivity contribution in [2.45, 2.75) is 199 Å². The fraction of sp³-hybridized carbons (Fsp3) is 0.619. The number of hydrogen-bond donors (Lipinski definition) is 5. The first-order chi connectivity index (χ1) is 39.6. The molecule has 9 atom stereocenters. The number of anilines is 2. The van der Waals surface area contributed by atoms with Gasteiger partial charge in [-0.2, -0.15) is 0 Å². The maximum absolute atomic E-state index is 14.5. The van der Waals surface area contributed by atoms with E-state index in [1.54, 1.807) is 70.3 Å². The van der Waals surface area contributed by atoms with Gasteiger partial charge in [0.1, 0.15) is 51.7 Å². The number of carbonyl (C=O) groups is 8. The van der Waals surface area contributed by atoms with Crippen LogP contribution in [0.5, 0.6) is 5.75 Å². The van der Waals surface area contributed by atoms with Crippen LogP contribution in [0.3, 0.4) is 0 Å². The van der Waals surface area contributed by atoms with Crippen molar-refractivity contribution in [3.8, 4) is 5.75 Å². The molecule has 3 heterocycles. The smallest absolute Gasteiger partial charge is 0.412 e. The molecule has 0 radical (unpaired) electrons. The van der Waals surface area contributed by atoms with Crippen molar-refractivity contribution in [2.75, 3.05) is 38.0 Å². The van der Waals surface area contributed by atoms with Crippen LogP contribution in [0.15, 0.2) is 54.1 Å². The van der Waals surface area contributed by atoms with Crippen LogP contribution in [-0.2, 0) is 65.3 Å². The maximum Gasteiger partial charge on any atom is 0.412 e. The number of benzene rings is 2. The van der Waals surface area contributed by atoms with Gasteiger partial charge in [0.25, 0.3) is 0 Å². The molecule has 20 nitrogen and oxygen atoms in total. The molecule has 3 fully saturated rings. The number of urea groups is 1. The number of hydrogen-bond acceptors (Lipinski definition) is 15. The van der Waals surface area contributed by atoms with Crippen molar-refractivity contribution >= 4 is 70.4 Å². The second-order valence-electron chi connectivity index (χ2n) is 24.5. The minimum absolute atomic E-state index is 0.00811. The predicted molar refractivity (Wildman–Crippen MR) is 316 cm³/mol. The number of ether oxygens (including phenoxy) is 6. The van der Waals surface area contributed by atoms with Gasteiger partial charge in [-0.05, 0) is 127 Å². The standard InChI is InChI=1S/C63H88ClN5O15/c1-36(2)44(32-43(70)20-12-13-25-61(6,7)84-58(75)42-18-15-19-42)57(74)67-46(21-16-26-66-59(65)76)48(71)30-40-23-24-45(38(4)28-40)68-60(77)82-52-33-53(72)69(9)47-29-41(31-49(79-10)55(47)64)27-37(3)17-14-22-51(80-11)63(78)34-50(81-54(73)35-63)39(5)56-62(52,8)83-56/h14,17,22-24,28-29,31,36,39,42,44,46,50-52,56,78H,12-13,15-16,18-21,25-27,30,32-35H2,1-11H3,(H,67,74)(H,68,77)(H3,65,66,76)/b22-14+,37-17+/t39-,44+,46+,50+,51-,52+,56+,62+,63-/m1/s1. The Hall–Kier alpha value is -6.35. The van der Waals surface area contributed by atoms with E-state index in [9.17, 15) is 43.5 Å². The molecule has 4 bridgehead atoms. The SMILES string of the molecule is COc1cc2cc(c1Cl)N(C)C(=O)C[C@H](OC(=O)Nc1ccc(CC(=O)[C@H](CCCNC(N)=O)NC(=O)[C@@H](CC(=O)CCCCC(C)(C)OC(=O)C3CCC3)C(C)C)cc1C)[C@]1(C)O[C@H]1[C@H](C)[C@@H]1C[C@@](O)(CC(=O)O1)[C@H](OC)/C=C/C=C(\C)C2. The number of rotatable bonds is 23. The number of nitrogens with zero attached hydrogens (tertiary/aromatic N) is 1. The summed E-state index contributed by atoms with van der Waals surface area (Å²) in [4.78, 5) is 109. The molecule has 3 aliphatic heterocycles. The first kappa shape index (κ1) is 66.8. The summed E-state index contributed by atoms with van der Waals surface area (Å²) in [5.41, 5.74) is 5.22. The minimum Gasteiger partial charge on any atom is -0.495 e. The number of epoxide rings is 1. The number of Topliss-reactive ketones (excluding diaryl/α,β-unsaturated/α-hetero) is 2. The quantitative estimate of drug-likeness (QED) is 0.0301. The summed E-state index contributed by atoms with van der Waals surface area (Å²) < 4.78 is 35.5. The molecule has 6 N–H and O–H groups in total. The zero-order valence-electron chi connectivity index (χ0n) is 50.7. The molecule has 2 saturated heterocycles. The highest BCUT2D eigenvalue weighted by Gasteiger charge is 2.64. The van der Waals surface area contributed by atoms with Gasteiger partial charge in [-0.3, -0.25) is 34.1 Å². The summed E-state index contributed by atoms with van der Waals surface area (Å²) >= 11 is 6.86. The number of halogens is 1. The molecule has 1 saturated carbocycles. The van der Waals surface area contributed by atoms with E-state index < -0.39 is 89.0 Å². The Morgan fingerprint density at radius 1 is 1.02 bits per heavy atom. The van der Waals surface area contributed by atoms with Crippen molar-refractivity contribution < 1.29 is 71.9 Å². The van der Waals surface area contributed by atoms with Crippen LogP contribution in [0.25, 0.3) is 0 Å². The molecule has 21 heteroatoms. The molecule has 6 rings (SSSR count). The van der Waals surface area contributed by atoms with Crippen LogP contribution < -0.4 is 31.3 Å². The Balaban J connectivity index is 1.15. The van der Waals surface area contributed by atoms with Crippen molar-refractivity contribution in [1.29, 1.82) is 0 Å². The maximum atomic E-state index is 14.5. The minimum atomic E-state index is -1.64. The summed E-state index contributed by atoms with van der Waals surface area (Å²) in [5.74, 6) is -3.31. The number of unbranched alkanes of at least 4 members (excludes halogenated alkanes) is 1. The number of carbonyl (C=O) groups excluding carboxylic acids is 8. The van der Waals surface area contributed by atoms with E-state index in [4.69, 9.17) is 45.8 Å². The zero-order valence-corrected chi connectivity index (χ0v) is 51.4. The second kappa shape index (κ2) is 29.2. The zero-order chi connectivity index (χ0) is 61.8. The van der Waals surface area contributed by atoms with Crippen LogP contribution in [0.1, 0.15) is 149 Å². The lowest BCUT2D eigenvalue weighted by Gasteiger charge is -2.41. The number of aryl methyl sites for hydroxylation is 1. The number of nitrogens with two attached hydrogens (primary N) is 1. The number of nitrogens with one attached hydrogen (secondary N) is 3. The van der Waals surface area contributed by atoms with Gasteiger partial charge in [0.2, 0.25) is 11.8 Å². The molecule has 2 aromatic rings. The van der Waals surface area contributed by atoms with E-state index in [0.29, 0.717) is 60.4 Å². The van der Waals surface area contributed by atoms with Crippen molar-refractivity contribution in [1.82, 2.24) is 10.6 Å². The predicted octanol–water partition coefficient (Wildman–Crippen LogP) is 8.89. The second-order valence-corrected chi connectivity index (χ2v) is 24.9. The topological polar surface area (TPSA) is 281 Å². The lowest BCUT2D eigenvalue weighted by molar-refractivity contribution is -0.187. The fourth-order valence-corrected chi connectivity index (χ4v) is 11.8. The summed E-state index contributed by atoms with van der Waals surface area (Å²) in [6.07, 6.45) is 5.66. The van der Waals surface area contributed by atoms with E-state index in [1.165, 1.54) is 19.1 Å². The van der Waals surface area contributed by atoms with E-state index in [0.717, 1.165) is 30.4 Å². The normalized spacial score (nSPS) is 25.5. The summed E-state index contributed by atoms with van der Waals surface area (Å²) in [7, 11) is 4.49. The number of esters is 2. The molecule has 1 aliphatic carbocycles. The highest BCUT2D eigenvalue weighted by atomic mass is 35.5. The highest BCUT2D eigenvalue weighted by molar-refractivity contribution is 6.35. The molecule has 462 valence electrons. The number of primary amides is 1. The lowest BCUT2D eigenvalue weighted by Crippen LogP contribution is -2.53. The Morgan fingerprint density at radius 2 is 1.75 bits per heavy atom. The third-order valence-electron chi connectivity index (χ3n) is 16.9. The van der Waals surface area contributed by atoms with E-state index in [1.807, 2.05) is 40.7 Å². The van der Waals surface area contributed by atoms with Gasteiger partial charge in [0, 0.05) is 63.9 Å². The molecular weight excluding hydrogens is 1100 g/mol. The molecule has 0 spiro atoms. The molecule has 0 unspecified atom stereocenters. The Morgan fingerprint density at radius 3 is 2.39 bits per heavy atom. The van der Waals surface area contributed by atoms with Gasteiger partial charge in [-0.15, -0.1) is 0 Å². The van der Waals surface area contributed by atoms with Gasteiger partial charge in [-0.1, -0.05) is 74.7 Å². The Kier molecular flexibility index (Phi) is 23.2. The van der Waals surface area contributed by atoms with Crippen molar-refractivity contribution in [3.63, 3.8) is 0 Å². The van der Waals surface area contributed by atoms with Crippen LogP contribution in [0.2, 0.25) is 5.02 Å². The Labute approximate surface area is 499 Å². The van der Waals surface area contributed by atoms with Gasteiger partial charge < -0.3 is 54.8 Å². The van der Waals surface area contributed by atoms with Gasteiger partial charge in [-0.25, -0.2) is 9.59 Å². The third kappa shape index (κ3) is 17.9. The van der Waals surface area contributed by atoms with E-state index in [-0.39, 0.29) is 85.9 Å². The molecule has 5 amide bonds. The largest absolute Gasteiger partial charge is 0.495 e. The van der Waals surface area contributed by atoms with Crippen molar-refractivity contribution in [3.05, 3.63) is 75.8 Å². The number of ketones is 2. The lowest BCUT2D eigenvalue weighted by atomic mass is 9.78. The third-order valence-corrected chi connectivity index (χ3v) is 17.3. The summed E-state index contributed by atoms with van der Waals surface area (Å²) in [6, 6.07) is 6.84. The number of aliphatic hydroxyl groups is 1. The van der Waals surface area contributed by atoms with Crippen LogP contribution in [0, 0.1) is 30.6 Å². The fourth-order valence-electron chi connectivity index (χ4n) is 11.4. The number of fused-ring (bicyclic) bond motifs is 5. The first-order valence-electron chi connectivity index (χ1n) is 29.3. The van der Waals surface area contributed by atoms with Crippen LogP contribution in [0.4, 0.5) is 21.0 Å². The van der Waals surface area contributed by atoms with Crippen LogP contribution in [-0.4, -0.2) is 128 Å². The van der Waals surface area contributed by atoms with Gasteiger partial charge in [0.15, 0.2) is 5.78 Å². The van der Waals surface area contributed by atoms with Gasteiger partial charge in [0.05, 0.1) is 43.7 Å². The van der Waals surface area contributed by atoms with E-state index >= 15 is 0 Å². The van der Waals surface area contributed by atoms with Crippen LogP contribution >= 0.6 is 11.6 Å². The Bertz CT molecular complexity index is 2810. The molecular formula is C63H88ClN5O15. The summed E-state index contributed by atoms with van der Waals surface area (Å²) in [6.45, 7) is 14.8. The number of allylic oxidation sites excluding steroid dienone is 3. The van der Waals surface area contributed by atoms with Gasteiger partial charge >= 0.3 is 24.1 Å². The molecule has 84 heavy (non-hydrogen) atoms. The molecule has 4 aliphatic rings. The summed E-state index contributed by atoms with van der Waals surface area (Å²) in [5, 5.41) is 20.4. The van der Waals surface area contributed by atoms with Crippen molar-refractivity contribution in [2.24, 2.45) is 29.4 Å². The average Bonchev–Trinajstić information content (AvgIpc) is 1.75. The molecule has 0 aromatic heterocycles. The van der Waals surface area contributed by atoms with E-state index in [2.05, 4.69) is 16.0 Å². The monoisotopic (exact) mass is 1190 g/mol. The number of amides is 5. The first-order valence-corrected chi connectivity index (χ1v) is 29.7. The average molecular weight is 1190 g/mol. The highest BCUT2D eigenvalue weighted by Crippen LogP contribution is 2.50. The number of methoxy groups -OCH3 is 2.